The molecule has 0 spiro atoms. The standard InChI is InChI=1S/C12H12ClN3O3/c1-8-4-10(15-19-8)7-14-6-9-2-3-11(13)12(5-9)16(17)18/h2-5,14H,6-7H2,1H3. The number of nitrogens with zero attached hydrogens (tertiary/aromatic N) is 2. The van der Waals surface area contributed by atoms with Crippen LogP contribution in [-0.4, -0.2) is 10.1 Å². The first kappa shape index (κ1) is 13.5. The molecule has 1 N–H and O–H groups in total. The number of aryl methyl sites for hydroxylation is 1. The molecule has 0 aliphatic heterocycles. The van der Waals surface area contributed by atoms with Crippen LogP contribution in [0.4, 0.5) is 5.69 Å². The first-order valence-electron chi connectivity index (χ1n) is 5.62. The monoisotopic (exact) mass is 281 g/mol. The van der Waals surface area contributed by atoms with Crippen molar-refractivity contribution in [2.24, 2.45) is 0 Å². The highest BCUT2D eigenvalue weighted by molar-refractivity contribution is 6.32. The van der Waals surface area contributed by atoms with Crippen LogP contribution in [0.3, 0.4) is 0 Å². The van der Waals surface area contributed by atoms with Crippen molar-refractivity contribution in [2.75, 3.05) is 0 Å². The smallest absolute Gasteiger partial charge is 0.288 e. The van der Waals surface area contributed by atoms with Crippen LogP contribution < -0.4 is 5.32 Å². The lowest BCUT2D eigenvalue weighted by molar-refractivity contribution is -0.384. The summed E-state index contributed by atoms with van der Waals surface area (Å²) in [6.07, 6.45) is 0. The first-order valence-corrected chi connectivity index (χ1v) is 6.00. The fourth-order valence-electron chi connectivity index (χ4n) is 1.64. The molecular formula is C12H12ClN3O3. The number of nitro groups is 1. The lowest BCUT2D eigenvalue weighted by atomic mass is 10.2. The predicted molar refractivity (Wildman–Crippen MR) is 69.9 cm³/mol. The molecule has 2 rings (SSSR count). The fourth-order valence-corrected chi connectivity index (χ4v) is 1.83. The maximum Gasteiger partial charge on any atom is 0.288 e. The van der Waals surface area contributed by atoms with Crippen LogP contribution >= 0.6 is 11.6 Å². The predicted octanol–water partition coefficient (Wildman–Crippen LogP) is 2.83. The van der Waals surface area contributed by atoms with E-state index in [1.807, 2.05) is 13.0 Å². The Kier molecular flexibility index (Phi) is 4.13. The van der Waals surface area contributed by atoms with Crippen molar-refractivity contribution in [3.05, 3.63) is 56.4 Å². The van der Waals surface area contributed by atoms with Gasteiger partial charge in [-0.25, -0.2) is 0 Å². The molecule has 0 bridgehead atoms. The van der Waals surface area contributed by atoms with E-state index in [0.717, 1.165) is 17.0 Å². The van der Waals surface area contributed by atoms with E-state index in [1.54, 1.807) is 6.07 Å². The first-order chi connectivity index (χ1) is 9.06. The quantitative estimate of drug-likeness (QED) is 0.673. The third-order valence-electron chi connectivity index (χ3n) is 2.52. The SMILES string of the molecule is Cc1cc(CNCc2ccc(Cl)c([N+](=O)[O-])c2)no1. The zero-order valence-corrected chi connectivity index (χ0v) is 11.0. The van der Waals surface area contributed by atoms with Crippen molar-refractivity contribution >= 4 is 17.3 Å². The van der Waals surface area contributed by atoms with Gasteiger partial charge in [-0.2, -0.15) is 0 Å². The van der Waals surface area contributed by atoms with Gasteiger partial charge >= 0.3 is 0 Å². The van der Waals surface area contributed by atoms with E-state index in [-0.39, 0.29) is 10.7 Å². The van der Waals surface area contributed by atoms with E-state index in [2.05, 4.69) is 10.5 Å². The number of rotatable bonds is 5. The third-order valence-corrected chi connectivity index (χ3v) is 2.84. The Hall–Kier alpha value is -1.92. The molecule has 0 saturated carbocycles. The number of hydrogen-bond donors (Lipinski definition) is 1. The van der Waals surface area contributed by atoms with Crippen LogP contribution in [-0.2, 0) is 13.1 Å². The van der Waals surface area contributed by atoms with E-state index >= 15 is 0 Å². The van der Waals surface area contributed by atoms with E-state index in [9.17, 15) is 10.1 Å². The molecule has 0 aliphatic rings. The maximum absolute atomic E-state index is 10.8. The fraction of sp³-hybridized carbons (Fsp3) is 0.250. The number of halogens is 1. The Morgan fingerprint density at radius 1 is 1.42 bits per heavy atom. The van der Waals surface area contributed by atoms with Crippen molar-refractivity contribution < 1.29 is 9.45 Å². The van der Waals surface area contributed by atoms with Gasteiger partial charge in [-0.3, -0.25) is 10.1 Å². The topological polar surface area (TPSA) is 81.2 Å². The van der Waals surface area contributed by atoms with Gasteiger partial charge in [0.05, 0.1) is 10.6 Å². The molecule has 100 valence electrons. The van der Waals surface area contributed by atoms with Crippen molar-refractivity contribution in [3.8, 4) is 0 Å². The number of nitrogens with one attached hydrogen (secondary N) is 1. The van der Waals surface area contributed by atoms with Crippen molar-refractivity contribution in [1.29, 1.82) is 0 Å². The highest BCUT2D eigenvalue weighted by Crippen LogP contribution is 2.24. The Morgan fingerprint density at radius 3 is 2.84 bits per heavy atom. The number of hydrogen-bond acceptors (Lipinski definition) is 5. The lowest BCUT2D eigenvalue weighted by Crippen LogP contribution is -2.13. The van der Waals surface area contributed by atoms with E-state index < -0.39 is 4.92 Å². The van der Waals surface area contributed by atoms with Crippen molar-refractivity contribution in [1.82, 2.24) is 10.5 Å². The second kappa shape index (κ2) is 5.81. The van der Waals surface area contributed by atoms with Gasteiger partial charge in [0.25, 0.3) is 5.69 Å². The van der Waals surface area contributed by atoms with Crippen LogP contribution in [0.15, 0.2) is 28.8 Å². The minimum Gasteiger partial charge on any atom is -0.361 e. The minimum absolute atomic E-state index is 0.0850. The Labute approximate surface area is 114 Å². The van der Waals surface area contributed by atoms with Crippen LogP contribution in [0.25, 0.3) is 0 Å². The van der Waals surface area contributed by atoms with Crippen LogP contribution in [0.1, 0.15) is 17.0 Å². The lowest BCUT2D eigenvalue weighted by Gasteiger charge is -2.03. The molecule has 0 atom stereocenters. The second-order valence-electron chi connectivity index (χ2n) is 4.08. The summed E-state index contributed by atoms with van der Waals surface area (Å²) in [5, 5.41) is 17.9. The summed E-state index contributed by atoms with van der Waals surface area (Å²) >= 11 is 5.74. The van der Waals surface area contributed by atoms with Gasteiger partial charge in [-0.1, -0.05) is 22.8 Å². The van der Waals surface area contributed by atoms with Gasteiger partial charge in [0.2, 0.25) is 0 Å². The maximum atomic E-state index is 10.8. The van der Waals surface area contributed by atoms with Gasteiger partial charge < -0.3 is 9.84 Å². The summed E-state index contributed by atoms with van der Waals surface area (Å²) in [5.41, 5.74) is 1.50. The molecule has 1 aromatic heterocycles. The molecule has 0 radical (unpaired) electrons. The normalized spacial score (nSPS) is 10.6. The molecule has 0 aliphatic carbocycles. The summed E-state index contributed by atoms with van der Waals surface area (Å²) in [4.78, 5) is 10.3. The van der Waals surface area contributed by atoms with Crippen LogP contribution in [0, 0.1) is 17.0 Å². The molecule has 0 unspecified atom stereocenters. The zero-order valence-electron chi connectivity index (χ0n) is 10.2. The molecule has 0 amide bonds. The van der Waals surface area contributed by atoms with Gasteiger partial charge in [0, 0.05) is 25.2 Å². The molecule has 6 nitrogen and oxygen atoms in total. The zero-order chi connectivity index (χ0) is 13.8. The summed E-state index contributed by atoms with van der Waals surface area (Å²) in [7, 11) is 0. The van der Waals surface area contributed by atoms with Crippen molar-refractivity contribution in [3.63, 3.8) is 0 Å². The summed E-state index contributed by atoms with van der Waals surface area (Å²) < 4.78 is 4.94. The summed E-state index contributed by atoms with van der Waals surface area (Å²) in [6, 6.07) is 6.56. The van der Waals surface area contributed by atoms with Crippen LogP contribution in [0.5, 0.6) is 0 Å². The van der Waals surface area contributed by atoms with Gasteiger partial charge in [-0.15, -0.1) is 0 Å². The Morgan fingerprint density at radius 2 is 2.21 bits per heavy atom. The second-order valence-corrected chi connectivity index (χ2v) is 4.48. The van der Waals surface area contributed by atoms with Crippen LogP contribution in [0.2, 0.25) is 5.02 Å². The van der Waals surface area contributed by atoms with Crippen molar-refractivity contribution in [2.45, 2.75) is 20.0 Å². The van der Waals surface area contributed by atoms with Gasteiger partial charge in [0.1, 0.15) is 10.8 Å². The molecular weight excluding hydrogens is 270 g/mol. The molecule has 1 heterocycles. The molecule has 1 aromatic carbocycles. The largest absolute Gasteiger partial charge is 0.361 e. The van der Waals surface area contributed by atoms with Gasteiger partial charge in [-0.05, 0) is 18.6 Å². The minimum atomic E-state index is -0.493. The highest BCUT2D eigenvalue weighted by Gasteiger charge is 2.12. The summed E-state index contributed by atoms with van der Waals surface area (Å²) in [6.45, 7) is 2.84. The molecule has 0 fully saturated rings. The highest BCUT2D eigenvalue weighted by atomic mass is 35.5. The Balaban J connectivity index is 1.96. The molecule has 0 saturated heterocycles. The average Bonchev–Trinajstić information content (AvgIpc) is 2.77. The number of benzene rings is 1. The molecule has 2 aromatic rings. The van der Waals surface area contributed by atoms with E-state index in [1.165, 1.54) is 12.1 Å². The molecule has 7 heteroatoms. The van der Waals surface area contributed by atoms with E-state index in [0.29, 0.717) is 13.1 Å². The number of aromatic nitrogens is 1. The molecule has 19 heavy (non-hydrogen) atoms. The average molecular weight is 282 g/mol. The number of nitro benzene ring substituents is 1. The third kappa shape index (κ3) is 3.52. The summed E-state index contributed by atoms with van der Waals surface area (Å²) in [5.74, 6) is 0.749. The van der Waals surface area contributed by atoms with Gasteiger partial charge in [0.15, 0.2) is 0 Å². The Bertz CT molecular complexity index is 598. The van der Waals surface area contributed by atoms with E-state index in [4.69, 9.17) is 16.1 Å².